The van der Waals surface area contributed by atoms with Gasteiger partial charge in [0.2, 0.25) is 0 Å². The molecular weight excluding hydrogens is 306 g/mol. The van der Waals surface area contributed by atoms with E-state index in [9.17, 15) is 9.90 Å². The van der Waals surface area contributed by atoms with E-state index in [0.717, 1.165) is 15.6 Å². The Balaban J connectivity index is 2.40. The highest BCUT2D eigenvalue weighted by Gasteiger charge is 2.07. The maximum Gasteiger partial charge on any atom is 0.251 e. The second kappa shape index (κ2) is 5.89. The van der Waals surface area contributed by atoms with Crippen molar-refractivity contribution in [1.29, 1.82) is 0 Å². The Morgan fingerprint density at radius 1 is 1.21 bits per heavy atom. The zero-order valence-corrected chi connectivity index (χ0v) is 12.1. The minimum Gasteiger partial charge on any atom is -0.508 e. The van der Waals surface area contributed by atoms with Gasteiger partial charge in [-0.2, -0.15) is 0 Å². The van der Waals surface area contributed by atoms with E-state index in [0.29, 0.717) is 12.1 Å². The Bertz CT molecular complexity index is 591. The molecule has 2 aromatic carbocycles. The Morgan fingerprint density at radius 2 is 2.00 bits per heavy atom. The summed E-state index contributed by atoms with van der Waals surface area (Å²) in [5, 5.41) is 12.4. The highest BCUT2D eigenvalue weighted by Crippen LogP contribution is 2.28. The van der Waals surface area contributed by atoms with E-state index in [1.54, 1.807) is 18.2 Å². The first-order valence-electron chi connectivity index (χ1n) is 5.98. The first-order valence-corrected chi connectivity index (χ1v) is 6.77. The van der Waals surface area contributed by atoms with Crippen molar-refractivity contribution in [1.82, 2.24) is 5.32 Å². The minimum atomic E-state index is -0.0939. The van der Waals surface area contributed by atoms with Crippen molar-refractivity contribution in [2.45, 2.75) is 6.92 Å². The molecule has 0 saturated carbocycles. The van der Waals surface area contributed by atoms with Crippen LogP contribution in [0.25, 0.3) is 11.1 Å². The summed E-state index contributed by atoms with van der Waals surface area (Å²) in [5.74, 6) is 0.0938. The van der Waals surface area contributed by atoms with Crippen molar-refractivity contribution >= 4 is 21.8 Å². The molecule has 0 atom stereocenters. The molecule has 0 saturated heterocycles. The van der Waals surface area contributed by atoms with Gasteiger partial charge in [0.05, 0.1) is 0 Å². The molecule has 0 radical (unpaired) electrons. The van der Waals surface area contributed by atoms with Gasteiger partial charge >= 0.3 is 0 Å². The fraction of sp³-hybridized carbons (Fsp3) is 0.133. The van der Waals surface area contributed by atoms with Crippen LogP contribution in [0.1, 0.15) is 17.3 Å². The summed E-state index contributed by atoms with van der Waals surface area (Å²) in [7, 11) is 0. The molecule has 0 fully saturated rings. The number of hydrogen-bond donors (Lipinski definition) is 2. The number of carbonyl (C=O) groups excluding carboxylic acids is 1. The summed E-state index contributed by atoms with van der Waals surface area (Å²) in [6.07, 6.45) is 0. The molecule has 2 rings (SSSR count). The second-order valence-electron chi connectivity index (χ2n) is 4.14. The maximum atomic E-state index is 11.8. The molecule has 0 aliphatic heterocycles. The van der Waals surface area contributed by atoms with Crippen molar-refractivity contribution in [2.24, 2.45) is 0 Å². The van der Waals surface area contributed by atoms with Gasteiger partial charge in [0.15, 0.2) is 0 Å². The highest BCUT2D eigenvalue weighted by atomic mass is 79.9. The third-order valence-electron chi connectivity index (χ3n) is 2.68. The molecule has 1 amide bonds. The fourth-order valence-electron chi connectivity index (χ4n) is 1.84. The number of amides is 1. The molecule has 3 nitrogen and oxygen atoms in total. The number of phenols is 1. The lowest BCUT2D eigenvalue weighted by molar-refractivity contribution is 0.0956. The van der Waals surface area contributed by atoms with Gasteiger partial charge in [0.25, 0.3) is 5.91 Å². The largest absolute Gasteiger partial charge is 0.508 e. The third-order valence-corrected chi connectivity index (χ3v) is 3.14. The summed E-state index contributed by atoms with van der Waals surface area (Å²) in [6, 6.07) is 12.5. The zero-order valence-electron chi connectivity index (χ0n) is 10.5. The highest BCUT2D eigenvalue weighted by molar-refractivity contribution is 9.10. The van der Waals surface area contributed by atoms with Crippen LogP contribution in [0.2, 0.25) is 0 Å². The molecule has 0 bridgehead atoms. The lowest BCUT2D eigenvalue weighted by atomic mass is 10.0. The fourth-order valence-corrected chi connectivity index (χ4v) is 2.32. The van der Waals surface area contributed by atoms with E-state index in [4.69, 9.17) is 0 Å². The first-order chi connectivity index (χ1) is 9.10. The lowest BCUT2D eigenvalue weighted by Crippen LogP contribution is -2.22. The minimum absolute atomic E-state index is 0.0939. The van der Waals surface area contributed by atoms with Crippen molar-refractivity contribution in [2.75, 3.05) is 6.54 Å². The maximum absolute atomic E-state index is 11.8. The Hall–Kier alpha value is -1.81. The second-order valence-corrected chi connectivity index (χ2v) is 5.05. The van der Waals surface area contributed by atoms with E-state index < -0.39 is 0 Å². The van der Waals surface area contributed by atoms with Gasteiger partial charge in [0.1, 0.15) is 5.75 Å². The molecule has 2 aromatic rings. The summed E-state index contributed by atoms with van der Waals surface area (Å²) in [6.45, 7) is 2.48. The average Bonchev–Trinajstić information content (AvgIpc) is 2.38. The number of carbonyl (C=O) groups is 1. The van der Waals surface area contributed by atoms with Crippen molar-refractivity contribution in [3.63, 3.8) is 0 Å². The van der Waals surface area contributed by atoms with Gasteiger partial charge in [0, 0.05) is 16.6 Å². The Kier molecular flexibility index (Phi) is 4.22. The van der Waals surface area contributed by atoms with Crippen LogP contribution in [-0.2, 0) is 0 Å². The van der Waals surface area contributed by atoms with Crippen LogP contribution in [0, 0.1) is 0 Å². The molecule has 0 aliphatic carbocycles. The number of nitrogens with one attached hydrogen (secondary N) is 1. The summed E-state index contributed by atoms with van der Waals surface area (Å²) < 4.78 is 0.797. The lowest BCUT2D eigenvalue weighted by Gasteiger charge is -2.07. The molecule has 0 aliphatic rings. The molecule has 0 unspecified atom stereocenters. The van der Waals surface area contributed by atoms with E-state index in [-0.39, 0.29) is 11.7 Å². The van der Waals surface area contributed by atoms with Crippen LogP contribution < -0.4 is 5.32 Å². The van der Waals surface area contributed by atoms with Crippen LogP contribution in [-0.4, -0.2) is 17.6 Å². The van der Waals surface area contributed by atoms with Gasteiger partial charge in [-0.05, 0) is 48.4 Å². The van der Waals surface area contributed by atoms with Crippen molar-refractivity contribution in [3.05, 3.63) is 52.5 Å². The van der Waals surface area contributed by atoms with Gasteiger partial charge < -0.3 is 10.4 Å². The number of phenolic OH excluding ortho intramolecular Hbond substituents is 1. The summed E-state index contributed by atoms with van der Waals surface area (Å²) in [4.78, 5) is 11.8. The number of benzene rings is 2. The molecule has 98 valence electrons. The van der Waals surface area contributed by atoms with Crippen LogP contribution in [0.4, 0.5) is 0 Å². The molecule has 2 N–H and O–H groups in total. The SMILES string of the molecule is CCNC(=O)c1cccc(-c2cc(O)cc(Br)c2)c1. The Labute approximate surface area is 120 Å². The van der Waals surface area contributed by atoms with Crippen LogP contribution in [0.15, 0.2) is 46.9 Å². The topological polar surface area (TPSA) is 49.3 Å². The molecule has 0 spiro atoms. The van der Waals surface area contributed by atoms with Crippen LogP contribution >= 0.6 is 15.9 Å². The smallest absolute Gasteiger partial charge is 0.251 e. The first kappa shape index (κ1) is 13.6. The van der Waals surface area contributed by atoms with E-state index in [1.165, 1.54) is 0 Å². The normalized spacial score (nSPS) is 10.2. The predicted molar refractivity (Wildman–Crippen MR) is 79.3 cm³/mol. The molecule has 0 aromatic heterocycles. The van der Waals surface area contributed by atoms with Gasteiger partial charge in [-0.25, -0.2) is 0 Å². The number of hydrogen-bond acceptors (Lipinski definition) is 2. The summed E-state index contributed by atoms with van der Waals surface area (Å²) in [5.41, 5.74) is 2.36. The standard InChI is InChI=1S/C15H14BrNO2/c1-2-17-15(19)11-5-3-4-10(6-11)12-7-13(16)9-14(18)8-12/h3-9,18H,2H2,1H3,(H,17,19). The van der Waals surface area contributed by atoms with Gasteiger partial charge in [-0.15, -0.1) is 0 Å². The van der Waals surface area contributed by atoms with Gasteiger partial charge in [-0.1, -0.05) is 28.1 Å². The van der Waals surface area contributed by atoms with Crippen molar-refractivity contribution in [3.8, 4) is 16.9 Å². The molecule has 0 heterocycles. The van der Waals surface area contributed by atoms with E-state index in [1.807, 2.05) is 31.2 Å². The zero-order chi connectivity index (χ0) is 13.8. The molecule has 19 heavy (non-hydrogen) atoms. The number of halogens is 1. The van der Waals surface area contributed by atoms with Gasteiger partial charge in [-0.3, -0.25) is 4.79 Å². The van der Waals surface area contributed by atoms with Crippen molar-refractivity contribution < 1.29 is 9.90 Å². The van der Waals surface area contributed by atoms with Crippen LogP contribution in [0.3, 0.4) is 0 Å². The third kappa shape index (κ3) is 3.35. The van der Waals surface area contributed by atoms with E-state index >= 15 is 0 Å². The average molecular weight is 320 g/mol. The Morgan fingerprint density at radius 3 is 2.68 bits per heavy atom. The van der Waals surface area contributed by atoms with E-state index in [2.05, 4.69) is 21.2 Å². The van der Waals surface area contributed by atoms with Crippen LogP contribution in [0.5, 0.6) is 5.75 Å². The molecule has 4 heteroatoms. The quantitative estimate of drug-likeness (QED) is 0.908. The monoisotopic (exact) mass is 319 g/mol. The number of aromatic hydroxyl groups is 1. The summed E-state index contributed by atoms with van der Waals surface area (Å²) >= 11 is 3.34. The predicted octanol–water partition coefficient (Wildman–Crippen LogP) is 3.57. The molecular formula is C15H14BrNO2. The number of rotatable bonds is 3.